The molecule has 0 aliphatic heterocycles. The zero-order valence-electron chi connectivity index (χ0n) is 10.6. The minimum atomic E-state index is -0.282. The summed E-state index contributed by atoms with van der Waals surface area (Å²) in [6.07, 6.45) is 0.963. The third-order valence-electron chi connectivity index (χ3n) is 2.40. The summed E-state index contributed by atoms with van der Waals surface area (Å²) in [5.41, 5.74) is 0.00525. The van der Waals surface area contributed by atoms with Gasteiger partial charge < -0.3 is 5.32 Å². The van der Waals surface area contributed by atoms with Gasteiger partial charge in [0.15, 0.2) is 0 Å². The minimum Gasteiger partial charge on any atom is -0.352 e. The van der Waals surface area contributed by atoms with Gasteiger partial charge in [0.2, 0.25) is 5.95 Å². The van der Waals surface area contributed by atoms with E-state index in [1.54, 1.807) is 0 Å². The summed E-state index contributed by atoms with van der Waals surface area (Å²) in [6.45, 7) is 9.90. The normalized spacial score (nSPS) is 13.6. The van der Waals surface area contributed by atoms with Gasteiger partial charge in [0.25, 0.3) is 5.56 Å². The topological polar surface area (TPSA) is 70.7 Å². The monoisotopic (exact) mass is 224 g/mol. The van der Waals surface area contributed by atoms with E-state index in [1.165, 1.54) is 0 Å². The molecule has 0 fully saturated rings. The summed E-state index contributed by atoms with van der Waals surface area (Å²) in [7, 11) is 0. The van der Waals surface area contributed by atoms with Crippen molar-refractivity contribution in [3.8, 4) is 0 Å². The van der Waals surface area contributed by atoms with Crippen molar-refractivity contribution in [2.75, 3.05) is 5.32 Å². The molecule has 0 aliphatic rings. The highest BCUT2D eigenvalue weighted by molar-refractivity contribution is 5.24. The lowest BCUT2D eigenvalue weighted by Crippen LogP contribution is -2.29. The number of hydrogen-bond donors (Lipinski definition) is 2. The Morgan fingerprint density at radius 3 is 2.44 bits per heavy atom. The maximum atomic E-state index is 11.8. The molecule has 1 aromatic heterocycles. The molecule has 90 valence electrons. The number of aromatic nitrogens is 3. The Kier molecular flexibility index (Phi) is 3.67. The zero-order chi connectivity index (χ0) is 12.3. The van der Waals surface area contributed by atoms with Crippen LogP contribution in [-0.4, -0.2) is 21.2 Å². The summed E-state index contributed by atoms with van der Waals surface area (Å²) in [6, 6.07) is 0.269. The first-order valence-corrected chi connectivity index (χ1v) is 5.58. The van der Waals surface area contributed by atoms with Gasteiger partial charge in [-0.25, -0.2) is 0 Å². The fourth-order valence-electron chi connectivity index (χ4n) is 1.23. The second-order valence-electron chi connectivity index (χ2n) is 5.05. The summed E-state index contributed by atoms with van der Waals surface area (Å²) < 4.78 is 0. The first-order chi connectivity index (χ1) is 7.34. The van der Waals surface area contributed by atoms with E-state index < -0.39 is 0 Å². The fraction of sp³-hybridized carbons (Fsp3) is 0.727. The van der Waals surface area contributed by atoms with Crippen LogP contribution in [0.3, 0.4) is 0 Å². The van der Waals surface area contributed by atoms with Crippen molar-refractivity contribution >= 4 is 5.95 Å². The molecule has 2 N–H and O–H groups in total. The van der Waals surface area contributed by atoms with Crippen LogP contribution in [0.2, 0.25) is 0 Å². The van der Waals surface area contributed by atoms with Crippen LogP contribution in [-0.2, 0) is 5.41 Å². The summed E-state index contributed by atoms with van der Waals surface area (Å²) in [5.74, 6) is 0.437. The molecule has 5 nitrogen and oxygen atoms in total. The Balaban J connectivity index is 2.96. The average Bonchev–Trinajstić information content (AvgIpc) is 2.15. The molecule has 16 heavy (non-hydrogen) atoms. The molecule has 0 aliphatic carbocycles. The Morgan fingerprint density at radius 1 is 1.38 bits per heavy atom. The Labute approximate surface area is 95.7 Å². The molecule has 0 amide bonds. The summed E-state index contributed by atoms with van der Waals surface area (Å²) in [5, 5.41) is 11.0. The zero-order valence-corrected chi connectivity index (χ0v) is 10.6. The van der Waals surface area contributed by atoms with E-state index in [0.29, 0.717) is 11.6 Å². The second kappa shape index (κ2) is 4.63. The van der Waals surface area contributed by atoms with Crippen molar-refractivity contribution in [2.45, 2.75) is 52.5 Å². The van der Waals surface area contributed by atoms with Gasteiger partial charge in [-0.3, -0.25) is 9.78 Å². The molecular formula is C11H20N4O. The standard InChI is InChI=1S/C11H20N4O/c1-6-7(2)12-10-13-9(16)8(14-15-10)11(3,4)5/h7H,6H2,1-5H3,(H2,12,13,15,16). The van der Waals surface area contributed by atoms with Gasteiger partial charge in [-0.2, -0.15) is 0 Å². The van der Waals surface area contributed by atoms with E-state index in [4.69, 9.17) is 0 Å². The highest BCUT2D eigenvalue weighted by Crippen LogP contribution is 2.15. The number of hydrogen-bond acceptors (Lipinski definition) is 4. The average molecular weight is 224 g/mol. The highest BCUT2D eigenvalue weighted by atomic mass is 16.1. The number of rotatable bonds is 3. The van der Waals surface area contributed by atoms with E-state index in [2.05, 4.69) is 27.4 Å². The van der Waals surface area contributed by atoms with Crippen LogP contribution < -0.4 is 10.9 Å². The van der Waals surface area contributed by atoms with Crippen molar-refractivity contribution in [1.29, 1.82) is 0 Å². The van der Waals surface area contributed by atoms with Crippen molar-refractivity contribution in [1.82, 2.24) is 15.2 Å². The smallest absolute Gasteiger partial charge is 0.274 e. The molecule has 1 aromatic rings. The van der Waals surface area contributed by atoms with Gasteiger partial charge in [0, 0.05) is 11.5 Å². The van der Waals surface area contributed by atoms with Crippen LogP contribution in [0.15, 0.2) is 4.79 Å². The number of anilines is 1. The molecule has 0 aromatic carbocycles. The lowest BCUT2D eigenvalue weighted by atomic mass is 9.93. The van der Waals surface area contributed by atoms with Gasteiger partial charge >= 0.3 is 0 Å². The summed E-state index contributed by atoms with van der Waals surface area (Å²) >= 11 is 0. The molecule has 1 atom stereocenters. The maximum Gasteiger partial charge on any atom is 0.274 e. The van der Waals surface area contributed by atoms with Crippen LogP contribution in [0, 0.1) is 0 Å². The van der Waals surface area contributed by atoms with E-state index >= 15 is 0 Å². The number of nitrogens with one attached hydrogen (secondary N) is 2. The van der Waals surface area contributed by atoms with Gasteiger partial charge in [-0.15, -0.1) is 10.2 Å². The maximum absolute atomic E-state index is 11.8. The first-order valence-electron chi connectivity index (χ1n) is 5.58. The van der Waals surface area contributed by atoms with Gasteiger partial charge in [0.05, 0.1) is 0 Å². The summed E-state index contributed by atoms with van der Waals surface area (Å²) in [4.78, 5) is 14.5. The van der Waals surface area contributed by atoms with E-state index in [-0.39, 0.29) is 17.0 Å². The molecule has 1 unspecified atom stereocenters. The highest BCUT2D eigenvalue weighted by Gasteiger charge is 2.20. The molecule has 0 saturated carbocycles. The molecule has 5 heteroatoms. The fourth-order valence-corrected chi connectivity index (χ4v) is 1.23. The van der Waals surface area contributed by atoms with E-state index in [0.717, 1.165) is 6.42 Å². The Bertz CT molecular complexity index is 405. The second-order valence-corrected chi connectivity index (χ2v) is 5.05. The molecule has 0 bridgehead atoms. The number of aromatic amines is 1. The van der Waals surface area contributed by atoms with Crippen molar-refractivity contribution in [3.63, 3.8) is 0 Å². The minimum absolute atomic E-state index is 0.173. The molecule has 0 radical (unpaired) electrons. The predicted molar refractivity (Wildman–Crippen MR) is 64.7 cm³/mol. The first kappa shape index (κ1) is 12.7. The van der Waals surface area contributed by atoms with E-state index in [1.807, 2.05) is 27.7 Å². The molecule has 1 rings (SSSR count). The van der Waals surface area contributed by atoms with Crippen LogP contribution >= 0.6 is 0 Å². The molecule has 1 heterocycles. The Morgan fingerprint density at radius 2 is 2.00 bits per heavy atom. The molecule has 0 spiro atoms. The van der Waals surface area contributed by atoms with Crippen LogP contribution in [0.1, 0.15) is 46.7 Å². The lowest BCUT2D eigenvalue weighted by molar-refractivity contribution is 0.546. The third-order valence-corrected chi connectivity index (χ3v) is 2.40. The lowest BCUT2D eigenvalue weighted by Gasteiger charge is -2.16. The largest absolute Gasteiger partial charge is 0.352 e. The van der Waals surface area contributed by atoms with Crippen LogP contribution in [0.25, 0.3) is 0 Å². The van der Waals surface area contributed by atoms with Gasteiger partial charge in [-0.1, -0.05) is 27.7 Å². The third kappa shape index (κ3) is 3.05. The quantitative estimate of drug-likeness (QED) is 0.819. The van der Waals surface area contributed by atoms with Crippen LogP contribution in [0.4, 0.5) is 5.95 Å². The number of nitrogens with zero attached hydrogens (tertiary/aromatic N) is 2. The van der Waals surface area contributed by atoms with Gasteiger partial charge in [-0.05, 0) is 13.3 Å². The number of H-pyrrole nitrogens is 1. The van der Waals surface area contributed by atoms with Crippen molar-refractivity contribution in [2.24, 2.45) is 0 Å². The van der Waals surface area contributed by atoms with Crippen LogP contribution in [0.5, 0.6) is 0 Å². The SMILES string of the molecule is CCC(C)Nc1nnc(C(C)(C)C)c(=O)[nH]1. The molecule has 0 saturated heterocycles. The molecular weight excluding hydrogens is 204 g/mol. The van der Waals surface area contributed by atoms with Crippen molar-refractivity contribution in [3.05, 3.63) is 16.0 Å². The predicted octanol–water partition coefficient (Wildman–Crippen LogP) is 1.67. The van der Waals surface area contributed by atoms with Crippen molar-refractivity contribution < 1.29 is 0 Å². The van der Waals surface area contributed by atoms with Gasteiger partial charge in [0.1, 0.15) is 5.69 Å². The Hall–Kier alpha value is -1.39. The van der Waals surface area contributed by atoms with E-state index in [9.17, 15) is 4.79 Å².